The first-order valence-corrected chi connectivity index (χ1v) is 14.2. The number of nitrogens with zero attached hydrogens (tertiary/aromatic N) is 4. The van der Waals surface area contributed by atoms with E-state index in [-0.39, 0.29) is 12.0 Å². The molecule has 0 saturated heterocycles. The van der Waals surface area contributed by atoms with E-state index in [1.54, 1.807) is 35.4 Å². The second-order valence-corrected chi connectivity index (χ2v) is 9.84. The Bertz CT molecular complexity index is 1350. The molecule has 0 aliphatic heterocycles. The molecule has 13 nitrogen and oxygen atoms in total. The van der Waals surface area contributed by atoms with E-state index in [0.29, 0.717) is 55.3 Å². The molecule has 0 radical (unpaired) electrons. The van der Waals surface area contributed by atoms with Crippen LogP contribution >= 0.6 is 0 Å². The molecule has 0 aliphatic rings. The lowest BCUT2D eigenvalue weighted by atomic mass is 10.1. The van der Waals surface area contributed by atoms with Crippen molar-refractivity contribution in [3.63, 3.8) is 0 Å². The molecule has 3 aromatic rings. The van der Waals surface area contributed by atoms with E-state index in [9.17, 15) is 19.5 Å². The van der Waals surface area contributed by atoms with Crippen LogP contribution in [-0.4, -0.2) is 73.4 Å². The van der Waals surface area contributed by atoms with Gasteiger partial charge in [-0.2, -0.15) is 5.10 Å². The molecule has 0 bridgehead atoms. The summed E-state index contributed by atoms with van der Waals surface area (Å²) in [5.41, 5.74) is 13.2. The van der Waals surface area contributed by atoms with Crippen LogP contribution in [0.15, 0.2) is 29.1 Å². The first kappa shape index (κ1) is 34.4. The maximum atomic E-state index is 13.0. The van der Waals surface area contributed by atoms with Gasteiger partial charge in [-0.3, -0.25) is 18.8 Å². The highest BCUT2D eigenvalue weighted by atomic mass is 16.5. The molecule has 2 aromatic heterocycles. The van der Waals surface area contributed by atoms with Crippen molar-refractivity contribution in [3.8, 4) is 5.75 Å². The third-order valence-corrected chi connectivity index (χ3v) is 6.55. The van der Waals surface area contributed by atoms with E-state index < -0.39 is 24.1 Å². The van der Waals surface area contributed by atoms with Gasteiger partial charge in [-0.1, -0.05) is 31.9 Å². The van der Waals surface area contributed by atoms with Gasteiger partial charge in [0.2, 0.25) is 0 Å². The Morgan fingerprint density at radius 3 is 2.36 bits per heavy atom. The van der Waals surface area contributed by atoms with Crippen LogP contribution in [0.5, 0.6) is 5.75 Å². The van der Waals surface area contributed by atoms with Crippen LogP contribution in [-0.2, 0) is 40.8 Å². The van der Waals surface area contributed by atoms with Gasteiger partial charge >= 0.3 is 11.9 Å². The number of fused-ring (bicyclic) bond motifs is 1. The lowest BCUT2D eigenvalue weighted by molar-refractivity contribution is -0.150. The van der Waals surface area contributed by atoms with E-state index >= 15 is 0 Å². The second-order valence-electron chi connectivity index (χ2n) is 9.84. The van der Waals surface area contributed by atoms with Crippen LogP contribution in [0.1, 0.15) is 56.6 Å². The Morgan fingerprint density at radius 1 is 1.10 bits per heavy atom. The summed E-state index contributed by atoms with van der Waals surface area (Å²) < 4.78 is 14.3. The summed E-state index contributed by atoms with van der Waals surface area (Å²) in [6.07, 6.45) is 3.30. The molecule has 0 saturated carbocycles. The van der Waals surface area contributed by atoms with Gasteiger partial charge < -0.3 is 31.2 Å². The lowest BCUT2D eigenvalue weighted by Crippen LogP contribution is -2.29. The van der Waals surface area contributed by atoms with Crippen molar-refractivity contribution in [2.75, 3.05) is 19.8 Å². The smallest absolute Gasteiger partial charge is 0.333 e. The number of nitrogens with two attached hydrogens (primary N) is 2. The summed E-state index contributed by atoms with van der Waals surface area (Å²) in [5.74, 6) is -0.643. The van der Waals surface area contributed by atoms with Gasteiger partial charge in [0, 0.05) is 20.1 Å². The van der Waals surface area contributed by atoms with Crippen molar-refractivity contribution in [2.45, 2.75) is 78.0 Å². The summed E-state index contributed by atoms with van der Waals surface area (Å²) in [7, 11) is 1.77. The van der Waals surface area contributed by atoms with Crippen molar-refractivity contribution >= 4 is 23.0 Å². The van der Waals surface area contributed by atoms with Crippen LogP contribution in [0.3, 0.4) is 0 Å². The molecule has 0 amide bonds. The van der Waals surface area contributed by atoms with Gasteiger partial charge in [-0.15, -0.1) is 0 Å². The minimum atomic E-state index is -0.978. The molecule has 3 rings (SSSR count). The Kier molecular flexibility index (Phi) is 14.1. The summed E-state index contributed by atoms with van der Waals surface area (Å²) >= 11 is 0. The van der Waals surface area contributed by atoms with Gasteiger partial charge in [0.1, 0.15) is 29.7 Å². The molecular weight excluding hydrogens is 544 g/mol. The molecule has 1 aromatic carbocycles. The third-order valence-electron chi connectivity index (χ3n) is 6.55. The molecule has 2 atom stereocenters. The van der Waals surface area contributed by atoms with E-state index in [4.69, 9.17) is 26.0 Å². The molecule has 2 heterocycles. The largest absolute Gasteiger partial charge is 0.492 e. The summed E-state index contributed by atoms with van der Waals surface area (Å²) in [6, 6.07) is 6.50. The third kappa shape index (κ3) is 9.93. The van der Waals surface area contributed by atoms with Crippen LogP contribution in [0.4, 0.5) is 0 Å². The molecule has 0 fully saturated rings. The standard InChI is InChI=1S/C23H30N4O5.C6H14N2O2/c1-5-7-18-20-21(26(4)25-18)22(28)27(15(3)24-20)12-13-32-17-10-8-16(9-11-17)14-19(23(29)30)31-6-2;7-4-2-1-3-5(8)6(9)10/h8-11,19H,5-7,12-14H2,1-4H3,(H,29,30);5H,1-4,7-8H2,(H,9,10)/t;5-/m.0/s1. The SMILES string of the molecule is CCCc1nn(C)c2c(=O)n(CCOc3ccc(CC(OCC)C(=O)O)cc3)c(C)nc12.NCCCC[C@H](N)C(=O)O. The van der Waals surface area contributed by atoms with Crippen LogP contribution in [0.2, 0.25) is 0 Å². The number of unbranched alkanes of at least 4 members (excludes halogenated alkanes) is 1. The zero-order chi connectivity index (χ0) is 31.2. The molecule has 6 N–H and O–H groups in total. The highest BCUT2D eigenvalue weighted by molar-refractivity contribution is 5.76. The second kappa shape index (κ2) is 17.2. The summed E-state index contributed by atoms with van der Waals surface area (Å²) in [5, 5.41) is 22.0. The number of benzene rings is 1. The Balaban J connectivity index is 0.000000528. The van der Waals surface area contributed by atoms with E-state index in [1.807, 2.05) is 19.1 Å². The minimum absolute atomic E-state index is 0.126. The van der Waals surface area contributed by atoms with Crippen LogP contribution in [0.25, 0.3) is 11.0 Å². The fraction of sp³-hybridized carbons (Fsp3) is 0.552. The maximum Gasteiger partial charge on any atom is 0.333 e. The number of aliphatic carboxylic acids is 2. The first-order chi connectivity index (χ1) is 20.0. The average molecular weight is 589 g/mol. The van der Waals surface area contributed by atoms with Crippen molar-refractivity contribution in [1.82, 2.24) is 19.3 Å². The highest BCUT2D eigenvalue weighted by Gasteiger charge is 2.18. The molecule has 1 unspecified atom stereocenters. The zero-order valence-corrected chi connectivity index (χ0v) is 24.9. The quantitative estimate of drug-likeness (QED) is 0.179. The maximum absolute atomic E-state index is 13.0. The molecule has 42 heavy (non-hydrogen) atoms. The monoisotopic (exact) mass is 588 g/mol. The molecule has 0 spiro atoms. The van der Waals surface area contributed by atoms with Crippen LogP contribution < -0.4 is 21.8 Å². The predicted octanol–water partition coefficient (Wildman–Crippen LogP) is 2.03. The highest BCUT2D eigenvalue weighted by Crippen LogP contribution is 2.16. The van der Waals surface area contributed by atoms with Gasteiger partial charge in [-0.25, -0.2) is 9.78 Å². The number of rotatable bonds is 16. The number of carboxylic acid groups (broad SMARTS) is 2. The summed E-state index contributed by atoms with van der Waals surface area (Å²) in [6.45, 7) is 7.25. The molecule has 0 aliphatic carbocycles. The van der Waals surface area contributed by atoms with E-state index in [0.717, 1.165) is 36.9 Å². The zero-order valence-electron chi connectivity index (χ0n) is 24.9. The van der Waals surface area contributed by atoms with Crippen LogP contribution in [0, 0.1) is 6.92 Å². The Morgan fingerprint density at radius 2 is 1.79 bits per heavy atom. The number of hydrogen-bond acceptors (Lipinski definition) is 9. The number of carbonyl (C=O) groups is 2. The van der Waals surface area contributed by atoms with Gasteiger partial charge in [0.05, 0.1) is 12.2 Å². The van der Waals surface area contributed by atoms with Gasteiger partial charge in [0.15, 0.2) is 11.6 Å². The van der Waals surface area contributed by atoms with Gasteiger partial charge in [-0.05, 0) is 57.4 Å². The van der Waals surface area contributed by atoms with Crippen molar-refractivity contribution in [1.29, 1.82) is 0 Å². The van der Waals surface area contributed by atoms with Gasteiger partial charge in [0.25, 0.3) is 5.56 Å². The first-order valence-electron chi connectivity index (χ1n) is 14.2. The number of aryl methyl sites for hydroxylation is 3. The topological polar surface area (TPSA) is 198 Å². The number of ether oxygens (including phenoxy) is 2. The van der Waals surface area contributed by atoms with E-state index in [1.165, 1.54) is 0 Å². The van der Waals surface area contributed by atoms with E-state index in [2.05, 4.69) is 17.0 Å². The molecular formula is C29H44N6O7. The predicted molar refractivity (Wildman–Crippen MR) is 159 cm³/mol. The Labute approximate surface area is 245 Å². The normalized spacial score (nSPS) is 12.4. The molecule has 13 heteroatoms. The van der Waals surface area contributed by atoms with Crippen molar-refractivity contribution in [3.05, 3.63) is 51.7 Å². The summed E-state index contributed by atoms with van der Waals surface area (Å²) in [4.78, 5) is 39.0. The number of hydrogen-bond donors (Lipinski definition) is 4. The lowest BCUT2D eigenvalue weighted by Gasteiger charge is -2.13. The number of aromatic nitrogens is 4. The fourth-order valence-electron chi connectivity index (χ4n) is 4.33. The van der Waals surface area contributed by atoms with Crippen molar-refractivity contribution in [2.24, 2.45) is 18.5 Å². The molecule has 232 valence electrons. The van der Waals surface area contributed by atoms with Crippen molar-refractivity contribution < 1.29 is 29.3 Å². The Hall–Kier alpha value is -3.81. The average Bonchev–Trinajstić information content (AvgIpc) is 3.26. The minimum Gasteiger partial charge on any atom is -0.492 e. The fourth-order valence-corrected chi connectivity index (χ4v) is 4.33. The number of carboxylic acids is 2.